The van der Waals surface area contributed by atoms with Gasteiger partial charge < -0.3 is 14.6 Å². The molecule has 0 amide bonds. The minimum absolute atomic E-state index is 0.0641. The number of hydrogen-bond donors (Lipinski definition) is 1. The van der Waals surface area contributed by atoms with Gasteiger partial charge in [-0.25, -0.2) is 9.97 Å². The maximum atomic E-state index is 5.85. The molecule has 0 bridgehead atoms. The number of halogens is 1. The molecular weight excluding hydrogens is 372 g/mol. The molecule has 128 valence electrons. The summed E-state index contributed by atoms with van der Waals surface area (Å²) in [4.78, 5) is 8.99. The molecule has 0 saturated carbocycles. The highest BCUT2D eigenvalue weighted by molar-refractivity contribution is 9.10. The van der Waals surface area contributed by atoms with Crippen LogP contribution >= 0.6 is 15.9 Å². The van der Waals surface area contributed by atoms with Gasteiger partial charge in [0.2, 0.25) is 0 Å². The Bertz CT molecular complexity index is 673. The van der Waals surface area contributed by atoms with E-state index < -0.39 is 8.07 Å². The number of nitrogens with one attached hydrogen (secondary N) is 1. The predicted molar refractivity (Wildman–Crippen MR) is 103 cm³/mol. The predicted octanol–water partition coefficient (Wildman–Crippen LogP) is 4.72. The van der Waals surface area contributed by atoms with Crippen molar-refractivity contribution < 1.29 is 4.74 Å². The van der Waals surface area contributed by atoms with E-state index in [0.717, 1.165) is 27.9 Å². The van der Waals surface area contributed by atoms with Crippen LogP contribution in [0.1, 0.15) is 20.8 Å². The average Bonchev–Trinajstić information content (AvgIpc) is 2.81. The fourth-order valence-corrected chi connectivity index (χ4v) is 3.41. The third kappa shape index (κ3) is 5.29. The molecular formula is C16H27BrN4OSi. The summed E-state index contributed by atoms with van der Waals surface area (Å²) >= 11 is 3.58. The fourth-order valence-electron chi connectivity index (χ4n) is 2.14. The van der Waals surface area contributed by atoms with Crippen LogP contribution in [0.3, 0.4) is 0 Å². The summed E-state index contributed by atoms with van der Waals surface area (Å²) in [6, 6.07) is 1.17. The lowest BCUT2D eigenvalue weighted by atomic mass is 10.1. The molecule has 0 saturated heterocycles. The van der Waals surface area contributed by atoms with Crippen molar-refractivity contribution in [3.05, 3.63) is 17.0 Å². The Labute approximate surface area is 148 Å². The molecule has 0 atom stereocenters. The number of pyridine rings is 1. The zero-order valence-electron chi connectivity index (χ0n) is 14.9. The fraction of sp³-hybridized carbons (Fsp3) is 0.625. The minimum atomic E-state index is -1.06. The third-order valence-electron chi connectivity index (χ3n) is 3.32. The molecule has 0 unspecified atom stereocenters. The molecule has 1 N–H and O–H groups in total. The second kappa shape index (κ2) is 6.90. The van der Waals surface area contributed by atoms with Crippen molar-refractivity contribution in [2.45, 2.75) is 58.7 Å². The van der Waals surface area contributed by atoms with Crippen LogP contribution in [0.4, 0.5) is 5.82 Å². The van der Waals surface area contributed by atoms with Crippen molar-refractivity contribution in [3.8, 4) is 0 Å². The van der Waals surface area contributed by atoms with E-state index in [1.807, 2.05) is 17.1 Å². The molecule has 7 heteroatoms. The number of aromatic nitrogens is 3. The first kappa shape index (κ1) is 18.4. The molecule has 2 aromatic heterocycles. The maximum Gasteiger partial charge on any atom is 0.154 e. The molecule has 2 heterocycles. The van der Waals surface area contributed by atoms with Crippen LogP contribution in [-0.2, 0) is 11.5 Å². The van der Waals surface area contributed by atoms with E-state index in [1.165, 1.54) is 6.04 Å². The molecule has 0 aliphatic heterocycles. The molecule has 2 rings (SSSR count). The first-order chi connectivity index (χ1) is 10.6. The lowest BCUT2D eigenvalue weighted by molar-refractivity contribution is 0.0898. The largest absolute Gasteiger partial charge is 0.364 e. The first-order valence-electron chi connectivity index (χ1n) is 7.92. The van der Waals surface area contributed by atoms with E-state index in [0.29, 0.717) is 6.73 Å². The Morgan fingerprint density at radius 1 is 1.26 bits per heavy atom. The molecule has 0 radical (unpaired) electrons. The van der Waals surface area contributed by atoms with Gasteiger partial charge >= 0.3 is 0 Å². The topological polar surface area (TPSA) is 52.0 Å². The number of anilines is 1. The molecule has 2 aromatic rings. The van der Waals surface area contributed by atoms with Gasteiger partial charge in [0.05, 0.1) is 16.3 Å². The van der Waals surface area contributed by atoms with Gasteiger partial charge in [0.25, 0.3) is 0 Å². The van der Waals surface area contributed by atoms with Gasteiger partial charge in [-0.1, -0.05) is 19.6 Å². The van der Waals surface area contributed by atoms with E-state index in [4.69, 9.17) is 4.74 Å². The van der Waals surface area contributed by atoms with Crippen LogP contribution in [0, 0.1) is 0 Å². The standard InChI is InChI=1S/C16H27BrN4OSi/c1-16(2,3)20-15-13-14(12(17)9-18-15)21(10-19-13)11-22-7-8-23(4,5)6/h9-10H,7-8,11H2,1-6H3,(H,18,20). The van der Waals surface area contributed by atoms with Gasteiger partial charge in [0, 0.05) is 26.4 Å². The average molecular weight is 399 g/mol. The lowest BCUT2D eigenvalue weighted by Gasteiger charge is -2.21. The highest BCUT2D eigenvalue weighted by Gasteiger charge is 2.17. The Morgan fingerprint density at radius 2 is 1.96 bits per heavy atom. The van der Waals surface area contributed by atoms with Crippen molar-refractivity contribution in [2.75, 3.05) is 11.9 Å². The number of hydrogen-bond acceptors (Lipinski definition) is 4. The van der Waals surface area contributed by atoms with Crippen molar-refractivity contribution >= 4 is 40.9 Å². The molecule has 23 heavy (non-hydrogen) atoms. The SMILES string of the molecule is CC(C)(C)Nc1ncc(Br)c2c1ncn2COCC[Si](C)(C)C. The lowest BCUT2D eigenvalue weighted by Crippen LogP contribution is -2.26. The highest BCUT2D eigenvalue weighted by Crippen LogP contribution is 2.28. The highest BCUT2D eigenvalue weighted by atomic mass is 79.9. The Balaban J connectivity index is 2.17. The van der Waals surface area contributed by atoms with Gasteiger partial charge in [-0.2, -0.15) is 0 Å². The smallest absolute Gasteiger partial charge is 0.154 e. The second-order valence-corrected chi connectivity index (χ2v) is 14.6. The van der Waals surface area contributed by atoms with E-state index in [9.17, 15) is 0 Å². The zero-order valence-corrected chi connectivity index (χ0v) is 17.5. The van der Waals surface area contributed by atoms with Crippen LogP contribution in [-0.4, -0.2) is 34.8 Å². The number of imidazole rings is 1. The summed E-state index contributed by atoms with van der Waals surface area (Å²) in [5, 5.41) is 3.41. The summed E-state index contributed by atoms with van der Waals surface area (Å²) in [5.74, 6) is 0.802. The zero-order chi connectivity index (χ0) is 17.3. The van der Waals surface area contributed by atoms with Crippen molar-refractivity contribution in [1.82, 2.24) is 14.5 Å². The Kier molecular flexibility index (Phi) is 5.53. The summed E-state index contributed by atoms with van der Waals surface area (Å²) in [7, 11) is -1.06. The summed E-state index contributed by atoms with van der Waals surface area (Å²) in [6.07, 6.45) is 3.64. The van der Waals surface area contributed by atoms with Gasteiger partial charge in [-0.15, -0.1) is 0 Å². The molecule has 0 aliphatic rings. The van der Waals surface area contributed by atoms with Crippen molar-refractivity contribution in [3.63, 3.8) is 0 Å². The number of nitrogens with zero attached hydrogens (tertiary/aromatic N) is 3. The van der Waals surface area contributed by atoms with Gasteiger partial charge in [0.15, 0.2) is 5.82 Å². The summed E-state index contributed by atoms with van der Waals surface area (Å²) < 4.78 is 8.81. The van der Waals surface area contributed by atoms with Crippen LogP contribution < -0.4 is 5.32 Å². The Hall–Kier alpha value is -0.923. The molecule has 0 fully saturated rings. The molecule has 5 nitrogen and oxygen atoms in total. The molecule has 0 aromatic carbocycles. The third-order valence-corrected chi connectivity index (χ3v) is 5.60. The van der Waals surface area contributed by atoms with Gasteiger partial charge in [0.1, 0.15) is 12.2 Å². The normalized spacial score (nSPS) is 12.8. The summed E-state index contributed by atoms with van der Waals surface area (Å²) in [6.45, 7) is 14.7. The second-order valence-electron chi connectivity index (χ2n) is 8.09. The number of fused-ring (bicyclic) bond motifs is 1. The van der Waals surface area contributed by atoms with Crippen LogP contribution in [0.5, 0.6) is 0 Å². The van der Waals surface area contributed by atoms with Crippen LogP contribution in [0.25, 0.3) is 11.0 Å². The van der Waals surface area contributed by atoms with Gasteiger partial charge in [-0.05, 0) is 42.7 Å². The maximum absolute atomic E-state index is 5.85. The van der Waals surface area contributed by atoms with Crippen molar-refractivity contribution in [1.29, 1.82) is 0 Å². The molecule has 0 aliphatic carbocycles. The van der Waals surface area contributed by atoms with E-state index >= 15 is 0 Å². The molecule has 0 spiro atoms. The van der Waals surface area contributed by atoms with E-state index in [-0.39, 0.29) is 5.54 Å². The van der Waals surface area contributed by atoms with Crippen LogP contribution in [0.15, 0.2) is 17.0 Å². The number of ether oxygens (including phenoxy) is 1. The van der Waals surface area contributed by atoms with Crippen LogP contribution in [0.2, 0.25) is 25.7 Å². The van der Waals surface area contributed by atoms with Gasteiger partial charge in [-0.3, -0.25) is 0 Å². The minimum Gasteiger partial charge on any atom is -0.364 e. The summed E-state index contributed by atoms with van der Waals surface area (Å²) in [5.41, 5.74) is 1.81. The van der Waals surface area contributed by atoms with E-state index in [1.54, 1.807) is 0 Å². The monoisotopic (exact) mass is 398 g/mol. The Morgan fingerprint density at radius 3 is 2.57 bits per heavy atom. The van der Waals surface area contributed by atoms with E-state index in [2.05, 4.69) is 71.6 Å². The number of rotatable bonds is 6. The quantitative estimate of drug-likeness (QED) is 0.564. The first-order valence-corrected chi connectivity index (χ1v) is 12.4. The van der Waals surface area contributed by atoms with Crippen molar-refractivity contribution in [2.24, 2.45) is 0 Å².